The van der Waals surface area contributed by atoms with Crippen LogP contribution in [0.5, 0.6) is 0 Å². The fourth-order valence-electron chi connectivity index (χ4n) is 2.09. The quantitative estimate of drug-likeness (QED) is 0.382. The van der Waals surface area contributed by atoms with Gasteiger partial charge in [-0.2, -0.15) is 11.8 Å². The van der Waals surface area contributed by atoms with Crippen molar-refractivity contribution < 1.29 is 9.60 Å². The molecule has 1 unspecified atom stereocenters. The summed E-state index contributed by atoms with van der Waals surface area (Å²) in [5.74, 6) is 1.62. The molecule has 4 nitrogen and oxygen atoms in total. The summed E-state index contributed by atoms with van der Waals surface area (Å²) in [4.78, 5) is 1.95. The summed E-state index contributed by atoms with van der Waals surface area (Å²) >= 11 is 5.05. The average molecular weight is 348 g/mol. The van der Waals surface area contributed by atoms with E-state index in [4.69, 9.17) is 10.9 Å². The Hall–Kier alpha value is -0.950. The second-order valence-corrected chi connectivity index (χ2v) is 6.32. The smallest absolute Gasteiger partial charge is 0.171 e. The standard InChI is InChI=1S/C12H15BrFN3OS/c1-17(7-4-5-19-6-7)9-3-2-8(12(15)16-18)10(13)11(9)14/h2-3,7,18H,4-6H2,1H3,(H2,15,16). The van der Waals surface area contributed by atoms with Crippen molar-refractivity contribution in [2.75, 3.05) is 23.5 Å². The topological polar surface area (TPSA) is 61.8 Å². The number of oxime groups is 1. The van der Waals surface area contributed by atoms with Crippen LogP contribution in [0.25, 0.3) is 0 Å². The van der Waals surface area contributed by atoms with Crippen LogP contribution in [0.2, 0.25) is 0 Å². The van der Waals surface area contributed by atoms with Crippen LogP contribution in [0.15, 0.2) is 21.8 Å². The van der Waals surface area contributed by atoms with E-state index in [0.29, 0.717) is 17.3 Å². The summed E-state index contributed by atoms with van der Waals surface area (Å²) in [6.45, 7) is 0. The number of anilines is 1. The van der Waals surface area contributed by atoms with Gasteiger partial charge in [0.1, 0.15) is 0 Å². The first-order valence-electron chi connectivity index (χ1n) is 5.82. The molecule has 2 rings (SSSR count). The molecule has 0 aromatic heterocycles. The molecule has 1 aromatic carbocycles. The number of nitrogens with zero attached hydrogens (tertiary/aromatic N) is 2. The third-order valence-corrected chi connectivity index (χ3v) is 5.20. The zero-order valence-electron chi connectivity index (χ0n) is 10.4. The number of nitrogens with two attached hydrogens (primary N) is 1. The van der Waals surface area contributed by atoms with Gasteiger partial charge in [-0.05, 0) is 40.2 Å². The normalized spacial score (nSPS) is 19.7. The zero-order chi connectivity index (χ0) is 14.0. The minimum absolute atomic E-state index is 0.114. The van der Waals surface area contributed by atoms with Crippen molar-refractivity contribution in [1.29, 1.82) is 0 Å². The highest BCUT2D eigenvalue weighted by Crippen LogP contribution is 2.32. The first-order valence-corrected chi connectivity index (χ1v) is 7.77. The molecule has 0 amide bonds. The molecule has 1 aliphatic heterocycles. The summed E-state index contributed by atoms with van der Waals surface area (Å²) in [6, 6.07) is 3.66. The van der Waals surface area contributed by atoms with Gasteiger partial charge in [0, 0.05) is 24.4 Å². The SMILES string of the molecule is CN(c1ccc(/C(N)=N/O)c(Br)c1F)C1CCSC1. The van der Waals surface area contributed by atoms with Crippen LogP contribution >= 0.6 is 27.7 Å². The van der Waals surface area contributed by atoms with Crippen LogP contribution in [-0.4, -0.2) is 35.6 Å². The number of hydrogen-bond donors (Lipinski definition) is 2. The lowest BCUT2D eigenvalue weighted by molar-refractivity contribution is 0.318. The largest absolute Gasteiger partial charge is 0.409 e. The average Bonchev–Trinajstić information content (AvgIpc) is 2.94. The maximum Gasteiger partial charge on any atom is 0.171 e. The Balaban J connectivity index is 2.35. The fraction of sp³-hybridized carbons (Fsp3) is 0.417. The van der Waals surface area contributed by atoms with Crippen molar-refractivity contribution >= 4 is 39.2 Å². The van der Waals surface area contributed by atoms with E-state index in [0.717, 1.165) is 17.9 Å². The molecule has 0 spiro atoms. The number of halogens is 2. The number of thioether (sulfide) groups is 1. The second-order valence-electron chi connectivity index (χ2n) is 4.37. The van der Waals surface area contributed by atoms with Gasteiger partial charge in [0.05, 0.1) is 10.2 Å². The lowest BCUT2D eigenvalue weighted by atomic mass is 10.1. The van der Waals surface area contributed by atoms with E-state index in [1.807, 2.05) is 23.7 Å². The number of rotatable bonds is 3. The molecule has 1 aliphatic rings. The van der Waals surface area contributed by atoms with E-state index < -0.39 is 0 Å². The molecule has 1 heterocycles. The Morgan fingerprint density at radius 3 is 2.95 bits per heavy atom. The Kier molecular flexibility index (Phi) is 4.57. The first kappa shape index (κ1) is 14.5. The van der Waals surface area contributed by atoms with Gasteiger partial charge in [-0.15, -0.1) is 0 Å². The molecule has 7 heteroatoms. The minimum Gasteiger partial charge on any atom is -0.409 e. The zero-order valence-corrected chi connectivity index (χ0v) is 12.8. The molecule has 3 N–H and O–H groups in total. The highest BCUT2D eigenvalue weighted by atomic mass is 79.9. The van der Waals surface area contributed by atoms with Crippen molar-refractivity contribution in [2.45, 2.75) is 12.5 Å². The fourth-order valence-corrected chi connectivity index (χ4v) is 3.89. The molecular formula is C12H15BrFN3OS. The van der Waals surface area contributed by atoms with E-state index in [9.17, 15) is 4.39 Å². The Labute approximate surface area is 124 Å². The van der Waals surface area contributed by atoms with Gasteiger partial charge in [-0.3, -0.25) is 0 Å². The summed E-state index contributed by atoms with van der Waals surface area (Å²) in [5.41, 5.74) is 6.37. The van der Waals surface area contributed by atoms with E-state index in [1.165, 1.54) is 0 Å². The second kappa shape index (κ2) is 6.00. The number of hydrogen-bond acceptors (Lipinski definition) is 4. The van der Waals surface area contributed by atoms with Crippen molar-refractivity contribution in [3.63, 3.8) is 0 Å². The van der Waals surface area contributed by atoms with Gasteiger partial charge in [0.25, 0.3) is 0 Å². The summed E-state index contributed by atoms with van der Waals surface area (Å²) < 4.78 is 14.6. The molecule has 1 atom stereocenters. The lowest BCUT2D eigenvalue weighted by Crippen LogP contribution is -2.32. The molecule has 1 aromatic rings. The summed E-state index contributed by atoms with van der Waals surface area (Å²) in [6.07, 6.45) is 1.06. The third kappa shape index (κ3) is 2.81. The minimum atomic E-state index is -0.386. The Morgan fingerprint density at radius 1 is 1.63 bits per heavy atom. The van der Waals surface area contributed by atoms with Gasteiger partial charge in [0.15, 0.2) is 11.7 Å². The predicted molar refractivity (Wildman–Crippen MR) is 80.7 cm³/mol. The highest BCUT2D eigenvalue weighted by molar-refractivity contribution is 9.10. The molecule has 1 fully saturated rings. The van der Waals surface area contributed by atoms with Crippen LogP contribution in [0, 0.1) is 5.82 Å². The van der Waals surface area contributed by atoms with Crippen LogP contribution in [-0.2, 0) is 0 Å². The van der Waals surface area contributed by atoms with E-state index >= 15 is 0 Å². The lowest BCUT2D eigenvalue weighted by Gasteiger charge is -2.27. The summed E-state index contributed by atoms with van der Waals surface area (Å²) in [5, 5.41) is 11.6. The number of benzene rings is 1. The van der Waals surface area contributed by atoms with Crippen molar-refractivity contribution in [3.05, 3.63) is 28.0 Å². The maximum atomic E-state index is 14.4. The predicted octanol–water partition coefficient (Wildman–Crippen LogP) is 2.62. The Morgan fingerprint density at radius 2 is 2.37 bits per heavy atom. The molecule has 104 valence electrons. The maximum absolute atomic E-state index is 14.4. The van der Waals surface area contributed by atoms with Crippen molar-refractivity contribution in [1.82, 2.24) is 0 Å². The van der Waals surface area contributed by atoms with Crippen molar-refractivity contribution in [2.24, 2.45) is 10.9 Å². The molecule has 1 saturated heterocycles. The molecule has 0 radical (unpaired) electrons. The van der Waals surface area contributed by atoms with Crippen molar-refractivity contribution in [3.8, 4) is 0 Å². The third-order valence-electron chi connectivity index (χ3n) is 3.28. The van der Waals surface area contributed by atoms with Gasteiger partial charge < -0.3 is 15.8 Å². The van der Waals surface area contributed by atoms with Gasteiger partial charge in [-0.1, -0.05) is 5.16 Å². The van der Waals surface area contributed by atoms with Gasteiger partial charge in [0.2, 0.25) is 0 Å². The van der Waals surface area contributed by atoms with Crippen LogP contribution in [0.4, 0.5) is 10.1 Å². The van der Waals surface area contributed by atoms with E-state index in [2.05, 4.69) is 21.1 Å². The molecule has 0 bridgehead atoms. The molecule has 0 saturated carbocycles. The van der Waals surface area contributed by atoms with Crippen LogP contribution < -0.4 is 10.6 Å². The number of amidine groups is 1. The Bertz CT molecular complexity index is 506. The van der Waals surface area contributed by atoms with E-state index in [-0.39, 0.29) is 16.1 Å². The van der Waals surface area contributed by atoms with Gasteiger partial charge in [-0.25, -0.2) is 4.39 Å². The highest BCUT2D eigenvalue weighted by Gasteiger charge is 2.24. The van der Waals surface area contributed by atoms with Crippen LogP contribution in [0.3, 0.4) is 0 Å². The monoisotopic (exact) mass is 347 g/mol. The molecular weight excluding hydrogens is 333 g/mol. The first-order chi connectivity index (χ1) is 9.06. The van der Waals surface area contributed by atoms with E-state index in [1.54, 1.807) is 12.1 Å². The van der Waals surface area contributed by atoms with Gasteiger partial charge >= 0.3 is 0 Å². The molecule has 0 aliphatic carbocycles. The summed E-state index contributed by atoms with van der Waals surface area (Å²) in [7, 11) is 1.89. The molecule has 19 heavy (non-hydrogen) atoms. The van der Waals surface area contributed by atoms with Crippen LogP contribution in [0.1, 0.15) is 12.0 Å².